The highest BCUT2D eigenvalue weighted by atomic mass is 35.5. The van der Waals surface area contributed by atoms with Crippen LogP contribution in [0.1, 0.15) is 21.5 Å². The van der Waals surface area contributed by atoms with Crippen LogP contribution in [-0.2, 0) is 16.1 Å². The lowest BCUT2D eigenvalue weighted by Crippen LogP contribution is -2.37. The van der Waals surface area contributed by atoms with Crippen LogP contribution in [0.4, 0.5) is 0 Å². The molecule has 2 aromatic rings. The molecule has 7 nitrogen and oxygen atoms in total. The molecule has 0 bridgehead atoms. The highest BCUT2D eigenvalue weighted by Gasteiger charge is 2.11. The molecule has 8 heteroatoms. The first-order chi connectivity index (χ1) is 12.0. The van der Waals surface area contributed by atoms with Crippen LogP contribution in [0.5, 0.6) is 0 Å². The Morgan fingerprint density at radius 2 is 1.64 bits per heavy atom. The number of carboxylic acids is 1. The predicted molar refractivity (Wildman–Crippen MR) is 89.8 cm³/mol. The second-order valence-electron chi connectivity index (χ2n) is 4.92. The summed E-state index contributed by atoms with van der Waals surface area (Å²) in [6, 6.07) is 12.5. The van der Waals surface area contributed by atoms with E-state index in [0.717, 1.165) is 5.56 Å². The second kappa shape index (κ2) is 8.60. The molecule has 0 aromatic heterocycles. The maximum atomic E-state index is 11.6. The largest absolute Gasteiger partial charge is 0.545 e. The third kappa shape index (κ3) is 5.74. The number of amides is 2. The van der Waals surface area contributed by atoms with Crippen molar-refractivity contribution in [3.8, 4) is 0 Å². The smallest absolute Gasteiger partial charge is 0.329 e. The number of halogens is 1. The molecular formula is C17H13ClN3O4-. The number of carboxylic acid groups (broad SMARTS) is 1. The Kier molecular flexibility index (Phi) is 6.25. The summed E-state index contributed by atoms with van der Waals surface area (Å²) < 4.78 is 0. The van der Waals surface area contributed by atoms with Crippen molar-refractivity contribution in [3.05, 3.63) is 70.2 Å². The molecule has 0 saturated carbocycles. The first-order valence-electron chi connectivity index (χ1n) is 7.13. The van der Waals surface area contributed by atoms with Gasteiger partial charge < -0.3 is 15.2 Å². The van der Waals surface area contributed by atoms with Crippen molar-refractivity contribution >= 4 is 35.6 Å². The third-order valence-electron chi connectivity index (χ3n) is 3.10. The monoisotopic (exact) mass is 358 g/mol. The topological polar surface area (TPSA) is 111 Å². The molecule has 0 aliphatic heterocycles. The van der Waals surface area contributed by atoms with E-state index in [4.69, 9.17) is 11.6 Å². The van der Waals surface area contributed by atoms with E-state index in [1.165, 1.54) is 30.5 Å². The molecule has 0 atom stereocenters. The molecular weight excluding hydrogens is 346 g/mol. The van der Waals surface area contributed by atoms with E-state index in [-0.39, 0.29) is 12.1 Å². The SMILES string of the molecule is O=C(NCc1ccc(Cl)cc1)C(=O)N/N=C\c1ccc(C(=O)[O-])cc1. The Morgan fingerprint density at radius 1 is 1.00 bits per heavy atom. The second-order valence-corrected chi connectivity index (χ2v) is 5.35. The minimum absolute atomic E-state index is 0.0303. The van der Waals surface area contributed by atoms with Gasteiger partial charge in [0.25, 0.3) is 0 Å². The number of nitrogens with zero attached hydrogens (tertiary/aromatic N) is 1. The van der Waals surface area contributed by atoms with Gasteiger partial charge in [-0.3, -0.25) is 9.59 Å². The molecule has 0 spiro atoms. The van der Waals surface area contributed by atoms with Crippen LogP contribution in [-0.4, -0.2) is 24.0 Å². The summed E-state index contributed by atoms with van der Waals surface area (Å²) in [5, 5.41) is 17.3. The Labute approximate surface area is 148 Å². The average Bonchev–Trinajstić information content (AvgIpc) is 2.61. The Bertz CT molecular complexity index is 802. The molecule has 25 heavy (non-hydrogen) atoms. The van der Waals surface area contributed by atoms with Crippen LogP contribution in [0.25, 0.3) is 0 Å². The van der Waals surface area contributed by atoms with Gasteiger partial charge in [-0.15, -0.1) is 0 Å². The van der Waals surface area contributed by atoms with E-state index in [9.17, 15) is 19.5 Å². The van der Waals surface area contributed by atoms with Crippen LogP contribution >= 0.6 is 11.6 Å². The zero-order valence-corrected chi connectivity index (χ0v) is 13.6. The number of carbonyl (C=O) groups excluding carboxylic acids is 3. The molecule has 2 rings (SSSR count). The molecule has 0 fully saturated rings. The molecule has 0 radical (unpaired) electrons. The number of rotatable bonds is 5. The van der Waals surface area contributed by atoms with Gasteiger partial charge >= 0.3 is 11.8 Å². The van der Waals surface area contributed by atoms with Crippen LogP contribution in [0.2, 0.25) is 5.02 Å². The number of nitrogens with one attached hydrogen (secondary N) is 2. The van der Waals surface area contributed by atoms with Gasteiger partial charge in [-0.2, -0.15) is 5.10 Å². The summed E-state index contributed by atoms with van der Waals surface area (Å²) in [6.45, 7) is 0.178. The minimum Gasteiger partial charge on any atom is -0.545 e. The molecule has 2 amide bonds. The van der Waals surface area contributed by atoms with Gasteiger partial charge in [0.15, 0.2) is 0 Å². The zero-order valence-electron chi connectivity index (χ0n) is 12.9. The van der Waals surface area contributed by atoms with Crippen LogP contribution < -0.4 is 15.8 Å². The molecule has 0 saturated heterocycles. The molecule has 2 aromatic carbocycles. The molecule has 0 aliphatic carbocycles. The van der Waals surface area contributed by atoms with Crippen molar-refractivity contribution in [2.75, 3.05) is 0 Å². The van der Waals surface area contributed by atoms with Crippen molar-refractivity contribution in [3.63, 3.8) is 0 Å². The van der Waals surface area contributed by atoms with Crippen molar-refractivity contribution in [2.45, 2.75) is 6.54 Å². The van der Waals surface area contributed by atoms with Crippen molar-refractivity contribution < 1.29 is 19.5 Å². The van der Waals surface area contributed by atoms with Gasteiger partial charge in [-0.1, -0.05) is 48.0 Å². The average molecular weight is 359 g/mol. The van der Waals surface area contributed by atoms with E-state index in [2.05, 4.69) is 15.8 Å². The normalized spacial score (nSPS) is 10.4. The standard InChI is InChI=1S/C17H14ClN3O4/c18-14-7-3-11(4-8-14)9-19-15(22)16(23)21-20-10-12-1-5-13(6-2-12)17(24)25/h1-8,10H,9H2,(H,19,22)(H,21,23)(H,24,25)/p-1/b20-10-. The van der Waals surface area contributed by atoms with Gasteiger partial charge in [0.2, 0.25) is 0 Å². The summed E-state index contributed by atoms with van der Waals surface area (Å²) in [5.74, 6) is -3.04. The fourth-order valence-electron chi connectivity index (χ4n) is 1.79. The summed E-state index contributed by atoms with van der Waals surface area (Å²) in [4.78, 5) is 33.9. The lowest BCUT2D eigenvalue weighted by atomic mass is 10.1. The lowest BCUT2D eigenvalue weighted by Gasteiger charge is -2.04. The van der Waals surface area contributed by atoms with Crippen LogP contribution in [0.3, 0.4) is 0 Å². The number of hydrogen-bond acceptors (Lipinski definition) is 5. The highest BCUT2D eigenvalue weighted by Crippen LogP contribution is 2.09. The number of benzene rings is 2. The maximum absolute atomic E-state index is 11.6. The van der Waals surface area contributed by atoms with Crippen LogP contribution in [0, 0.1) is 0 Å². The number of hydrazone groups is 1. The Morgan fingerprint density at radius 3 is 2.24 bits per heavy atom. The fourth-order valence-corrected chi connectivity index (χ4v) is 1.91. The fraction of sp³-hybridized carbons (Fsp3) is 0.0588. The van der Waals surface area contributed by atoms with Gasteiger partial charge in [0.1, 0.15) is 0 Å². The lowest BCUT2D eigenvalue weighted by molar-refractivity contribution is -0.255. The van der Waals surface area contributed by atoms with E-state index < -0.39 is 17.8 Å². The molecule has 0 aliphatic rings. The van der Waals surface area contributed by atoms with E-state index in [1.54, 1.807) is 24.3 Å². The summed E-state index contributed by atoms with van der Waals surface area (Å²) in [5.41, 5.74) is 3.45. The van der Waals surface area contributed by atoms with Gasteiger partial charge in [0, 0.05) is 11.6 Å². The van der Waals surface area contributed by atoms with Crippen molar-refractivity contribution in [1.29, 1.82) is 0 Å². The van der Waals surface area contributed by atoms with E-state index in [0.29, 0.717) is 10.6 Å². The van der Waals surface area contributed by atoms with Gasteiger partial charge in [0.05, 0.1) is 12.2 Å². The summed E-state index contributed by atoms with van der Waals surface area (Å²) >= 11 is 5.76. The first kappa shape index (κ1) is 18.2. The summed E-state index contributed by atoms with van der Waals surface area (Å²) in [6.07, 6.45) is 1.28. The third-order valence-corrected chi connectivity index (χ3v) is 3.35. The van der Waals surface area contributed by atoms with Crippen LogP contribution in [0.15, 0.2) is 53.6 Å². The van der Waals surface area contributed by atoms with Gasteiger partial charge in [-0.25, -0.2) is 5.43 Å². The maximum Gasteiger partial charge on any atom is 0.329 e. The van der Waals surface area contributed by atoms with E-state index >= 15 is 0 Å². The number of aromatic carboxylic acids is 1. The molecule has 2 N–H and O–H groups in total. The van der Waals surface area contributed by atoms with Crippen molar-refractivity contribution in [2.24, 2.45) is 5.10 Å². The summed E-state index contributed by atoms with van der Waals surface area (Å²) in [7, 11) is 0. The molecule has 0 unspecified atom stereocenters. The Hall–Kier alpha value is -3.19. The van der Waals surface area contributed by atoms with E-state index in [1.807, 2.05) is 0 Å². The molecule has 0 heterocycles. The highest BCUT2D eigenvalue weighted by molar-refractivity contribution is 6.35. The number of carbonyl (C=O) groups is 3. The zero-order chi connectivity index (χ0) is 18.2. The quantitative estimate of drug-likeness (QED) is 0.459. The number of hydrogen-bond donors (Lipinski definition) is 2. The minimum atomic E-state index is -1.28. The predicted octanol–water partition coefficient (Wildman–Crippen LogP) is 0.470. The van der Waals surface area contributed by atoms with Gasteiger partial charge in [-0.05, 0) is 28.8 Å². The first-order valence-corrected chi connectivity index (χ1v) is 7.50. The Balaban J connectivity index is 1.81. The molecule has 128 valence electrons. The van der Waals surface area contributed by atoms with Crippen molar-refractivity contribution in [1.82, 2.24) is 10.7 Å².